The summed E-state index contributed by atoms with van der Waals surface area (Å²) < 4.78 is 0. The van der Waals surface area contributed by atoms with E-state index in [-0.39, 0.29) is 5.41 Å². The van der Waals surface area contributed by atoms with Gasteiger partial charge < -0.3 is 0 Å². The highest BCUT2D eigenvalue weighted by atomic mass is 14.4. The van der Waals surface area contributed by atoms with E-state index < -0.39 is 0 Å². The zero-order valence-corrected chi connectivity index (χ0v) is 15.4. The molecule has 0 aromatic carbocycles. The first kappa shape index (κ1) is 18.6. The fraction of sp³-hybridized carbons (Fsp3) is 0.864. The topological polar surface area (TPSA) is 23.8 Å². The van der Waals surface area contributed by atoms with Crippen LogP contribution < -0.4 is 0 Å². The van der Waals surface area contributed by atoms with Crippen LogP contribution in [0, 0.1) is 34.5 Å². The summed E-state index contributed by atoms with van der Waals surface area (Å²) in [5.41, 5.74) is 0.0188. The Morgan fingerprint density at radius 1 is 0.957 bits per heavy atom. The van der Waals surface area contributed by atoms with Crippen LogP contribution in [0.25, 0.3) is 0 Å². The second kappa shape index (κ2) is 9.51. The molecule has 2 fully saturated rings. The maximum absolute atomic E-state index is 9.78. The average molecular weight is 316 g/mol. The minimum Gasteiger partial charge on any atom is -0.198 e. The van der Waals surface area contributed by atoms with Crippen LogP contribution in [0.1, 0.15) is 96.8 Å². The third kappa shape index (κ3) is 5.66. The van der Waals surface area contributed by atoms with E-state index in [1.807, 2.05) is 6.08 Å². The van der Waals surface area contributed by atoms with Gasteiger partial charge in [-0.1, -0.05) is 51.5 Å². The van der Waals surface area contributed by atoms with Crippen molar-refractivity contribution in [2.75, 3.05) is 0 Å². The van der Waals surface area contributed by atoms with E-state index in [0.717, 1.165) is 37.0 Å². The third-order valence-corrected chi connectivity index (χ3v) is 6.77. The van der Waals surface area contributed by atoms with Gasteiger partial charge in [-0.15, -0.1) is 6.58 Å². The number of nitriles is 1. The number of hydrogen-bond donors (Lipinski definition) is 0. The summed E-state index contributed by atoms with van der Waals surface area (Å²) in [6.45, 7) is 6.15. The molecule has 1 heteroatoms. The molecule has 2 aliphatic rings. The summed E-state index contributed by atoms with van der Waals surface area (Å²) in [6, 6.07) is 2.74. The largest absolute Gasteiger partial charge is 0.198 e. The van der Waals surface area contributed by atoms with Gasteiger partial charge in [0.25, 0.3) is 0 Å². The van der Waals surface area contributed by atoms with E-state index in [1.165, 1.54) is 70.6 Å². The monoisotopic (exact) mass is 315 g/mol. The molecule has 0 aromatic rings. The third-order valence-electron chi connectivity index (χ3n) is 6.77. The van der Waals surface area contributed by atoms with Crippen LogP contribution in [0.3, 0.4) is 0 Å². The van der Waals surface area contributed by atoms with Crippen LogP contribution in [-0.4, -0.2) is 0 Å². The van der Waals surface area contributed by atoms with Gasteiger partial charge in [0.15, 0.2) is 0 Å². The lowest BCUT2D eigenvalue weighted by atomic mass is 9.66. The van der Waals surface area contributed by atoms with E-state index in [1.54, 1.807) is 0 Å². The number of nitrogens with zero attached hydrogens (tertiary/aromatic N) is 1. The lowest BCUT2D eigenvalue weighted by Crippen LogP contribution is -2.27. The highest BCUT2D eigenvalue weighted by molar-refractivity contribution is 5.02. The van der Waals surface area contributed by atoms with Crippen LogP contribution in [0.2, 0.25) is 0 Å². The fourth-order valence-corrected chi connectivity index (χ4v) is 4.99. The molecule has 0 aromatic heterocycles. The van der Waals surface area contributed by atoms with Gasteiger partial charge in [-0.3, -0.25) is 0 Å². The standard InChI is InChI=1S/C22H37N/c1-3-5-7-20-12-15-22(18-23,16-13-20)17-14-21-10-8-19(6-4-2)9-11-21/h3,19-21H,1,4-17H2,2H3. The maximum atomic E-state index is 9.78. The van der Waals surface area contributed by atoms with Gasteiger partial charge in [-0.25, -0.2) is 0 Å². The zero-order valence-electron chi connectivity index (χ0n) is 15.4. The maximum Gasteiger partial charge on any atom is 0.0689 e. The molecule has 23 heavy (non-hydrogen) atoms. The van der Waals surface area contributed by atoms with Crippen molar-refractivity contribution in [1.29, 1.82) is 5.26 Å². The molecule has 2 aliphatic carbocycles. The summed E-state index contributed by atoms with van der Waals surface area (Å²) in [4.78, 5) is 0. The lowest BCUT2D eigenvalue weighted by molar-refractivity contribution is 0.165. The first-order valence-electron chi connectivity index (χ1n) is 10.2. The second-order valence-electron chi connectivity index (χ2n) is 8.42. The van der Waals surface area contributed by atoms with Gasteiger partial charge in [0.1, 0.15) is 0 Å². The Kier molecular flexibility index (Phi) is 7.68. The van der Waals surface area contributed by atoms with E-state index in [9.17, 15) is 5.26 Å². The van der Waals surface area contributed by atoms with Crippen LogP contribution in [0.5, 0.6) is 0 Å². The Balaban J connectivity index is 1.71. The minimum absolute atomic E-state index is 0.0188. The van der Waals surface area contributed by atoms with Crippen LogP contribution >= 0.6 is 0 Å². The first-order valence-corrected chi connectivity index (χ1v) is 10.2. The van der Waals surface area contributed by atoms with Crippen LogP contribution in [-0.2, 0) is 0 Å². The van der Waals surface area contributed by atoms with Crippen LogP contribution in [0.15, 0.2) is 12.7 Å². The van der Waals surface area contributed by atoms with E-state index >= 15 is 0 Å². The van der Waals surface area contributed by atoms with Crippen molar-refractivity contribution in [3.8, 4) is 6.07 Å². The van der Waals surface area contributed by atoms with Crippen molar-refractivity contribution < 1.29 is 0 Å². The molecule has 0 spiro atoms. The number of hydrogen-bond acceptors (Lipinski definition) is 1. The fourth-order valence-electron chi connectivity index (χ4n) is 4.99. The molecule has 0 N–H and O–H groups in total. The van der Waals surface area contributed by atoms with Gasteiger partial charge in [0, 0.05) is 0 Å². The highest BCUT2D eigenvalue weighted by Gasteiger charge is 2.35. The van der Waals surface area contributed by atoms with E-state index in [4.69, 9.17) is 0 Å². The smallest absolute Gasteiger partial charge is 0.0689 e. The molecule has 2 saturated carbocycles. The quantitative estimate of drug-likeness (QED) is 0.441. The molecule has 0 heterocycles. The molecule has 0 radical (unpaired) electrons. The van der Waals surface area contributed by atoms with Gasteiger partial charge >= 0.3 is 0 Å². The summed E-state index contributed by atoms with van der Waals surface area (Å²) in [7, 11) is 0. The van der Waals surface area contributed by atoms with E-state index in [0.29, 0.717) is 0 Å². The van der Waals surface area contributed by atoms with Gasteiger partial charge in [0.05, 0.1) is 11.5 Å². The molecular weight excluding hydrogens is 278 g/mol. The van der Waals surface area contributed by atoms with Crippen molar-refractivity contribution in [2.24, 2.45) is 23.2 Å². The normalized spacial score (nSPS) is 34.7. The van der Waals surface area contributed by atoms with Crippen molar-refractivity contribution in [2.45, 2.75) is 96.8 Å². The average Bonchev–Trinajstić information content (AvgIpc) is 2.61. The Labute approximate surface area is 144 Å². The summed E-state index contributed by atoms with van der Waals surface area (Å²) in [5, 5.41) is 9.78. The van der Waals surface area contributed by atoms with Crippen molar-refractivity contribution in [3.05, 3.63) is 12.7 Å². The van der Waals surface area contributed by atoms with Crippen molar-refractivity contribution in [3.63, 3.8) is 0 Å². The predicted molar refractivity (Wildman–Crippen MR) is 99.0 cm³/mol. The van der Waals surface area contributed by atoms with Gasteiger partial charge in [0.2, 0.25) is 0 Å². The van der Waals surface area contributed by atoms with E-state index in [2.05, 4.69) is 19.6 Å². The zero-order chi connectivity index (χ0) is 16.5. The second-order valence-corrected chi connectivity index (χ2v) is 8.42. The molecule has 130 valence electrons. The molecule has 1 nitrogen and oxygen atoms in total. The van der Waals surface area contributed by atoms with Gasteiger partial charge in [-0.05, 0) is 69.1 Å². The molecule has 0 atom stereocenters. The van der Waals surface area contributed by atoms with Gasteiger partial charge in [-0.2, -0.15) is 5.26 Å². The Bertz CT molecular complexity index is 375. The summed E-state index contributed by atoms with van der Waals surface area (Å²) in [5.74, 6) is 2.76. The predicted octanol–water partition coefficient (Wildman–Crippen LogP) is 7.04. The molecule has 0 saturated heterocycles. The Hall–Kier alpha value is -0.770. The molecular formula is C22H37N. The molecule has 0 amide bonds. The lowest BCUT2D eigenvalue weighted by Gasteiger charge is -2.37. The molecule has 0 aliphatic heterocycles. The first-order chi connectivity index (χ1) is 11.2. The molecule has 0 unspecified atom stereocenters. The van der Waals surface area contributed by atoms with Crippen molar-refractivity contribution in [1.82, 2.24) is 0 Å². The summed E-state index contributed by atoms with van der Waals surface area (Å²) in [6.07, 6.45) is 20.3. The summed E-state index contributed by atoms with van der Waals surface area (Å²) >= 11 is 0. The molecule has 0 bridgehead atoms. The Morgan fingerprint density at radius 2 is 1.52 bits per heavy atom. The SMILES string of the molecule is C=CCCC1CCC(C#N)(CCC2CCC(CCC)CC2)CC1. The number of allylic oxidation sites excluding steroid dienone is 1. The Morgan fingerprint density at radius 3 is 2.04 bits per heavy atom. The highest BCUT2D eigenvalue weighted by Crippen LogP contribution is 2.45. The molecule has 2 rings (SSSR count). The number of rotatable bonds is 8. The van der Waals surface area contributed by atoms with Crippen molar-refractivity contribution >= 4 is 0 Å². The minimum atomic E-state index is 0.0188. The van der Waals surface area contributed by atoms with Crippen LogP contribution in [0.4, 0.5) is 0 Å².